The van der Waals surface area contributed by atoms with Crippen molar-refractivity contribution in [3.05, 3.63) is 29.5 Å². The zero-order valence-corrected chi connectivity index (χ0v) is 9.69. The number of methoxy groups -OCH3 is 1. The molecule has 0 aliphatic rings. The number of aromatic nitrogens is 3. The van der Waals surface area contributed by atoms with Crippen molar-refractivity contribution >= 4 is 23.2 Å². The van der Waals surface area contributed by atoms with Crippen LogP contribution in [0.2, 0.25) is 5.02 Å². The van der Waals surface area contributed by atoms with Crippen molar-refractivity contribution in [1.82, 2.24) is 14.8 Å². The second-order valence-electron chi connectivity index (χ2n) is 3.21. The minimum absolute atomic E-state index is 0.503. The number of nitrogens with zero attached hydrogens (tertiary/aromatic N) is 3. The fraction of sp³-hybridized carbons (Fsp3) is 0.200. The van der Waals surface area contributed by atoms with Crippen LogP contribution < -0.4 is 10.1 Å². The van der Waals surface area contributed by atoms with Crippen LogP contribution in [0.3, 0.4) is 0 Å². The first kappa shape index (κ1) is 10.8. The predicted octanol–water partition coefficient (Wildman–Crippen LogP) is 2.22. The van der Waals surface area contributed by atoms with Crippen molar-refractivity contribution in [3.63, 3.8) is 0 Å². The number of benzene rings is 1. The van der Waals surface area contributed by atoms with E-state index in [2.05, 4.69) is 15.4 Å². The maximum Gasteiger partial charge on any atom is 0.246 e. The van der Waals surface area contributed by atoms with Gasteiger partial charge in [-0.25, -0.2) is 4.98 Å². The second-order valence-corrected chi connectivity index (χ2v) is 3.65. The summed E-state index contributed by atoms with van der Waals surface area (Å²) in [4.78, 5) is 4.06. The minimum Gasteiger partial charge on any atom is -0.495 e. The van der Waals surface area contributed by atoms with Gasteiger partial charge in [-0.15, -0.1) is 5.10 Å². The first-order valence-electron chi connectivity index (χ1n) is 4.65. The Morgan fingerprint density at radius 1 is 1.44 bits per heavy atom. The Balaban J connectivity index is 2.29. The highest BCUT2D eigenvalue weighted by Crippen LogP contribution is 2.29. The van der Waals surface area contributed by atoms with Crippen LogP contribution in [0.25, 0.3) is 0 Å². The van der Waals surface area contributed by atoms with E-state index in [0.717, 1.165) is 5.69 Å². The Bertz CT molecular complexity index is 497. The van der Waals surface area contributed by atoms with Gasteiger partial charge in [0.2, 0.25) is 5.95 Å². The molecule has 2 rings (SSSR count). The number of anilines is 2. The number of nitrogens with one attached hydrogen (secondary N) is 1. The molecule has 2 aromatic rings. The fourth-order valence-corrected chi connectivity index (χ4v) is 1.47. The summed E-state index contributed by atoms with van der Waals surface area (Å²) >= 11 is 5.90. The van der Waals surface area contributed by atoms with E-state index in [1.165, 1.54) is 0 Å². The SMILES string of the molecule is COc1ccc(Cl)cc1Nc1ncn(C)n1. The molecule has 0 aliphatic heterocycles. The lowest BCUT2D eigenvalue weighted by Gasteiger charge is -2.08. The summed E-state index contributed by atoms with van der Waals surface area (Å²) in [6.07, 6.45) is 1.61. The summed E-state index contributed by atoms with van der Waals surface area (Å²) in [6, 6.07) is 5.31. The molecule has 0 saturated carbocycles. The van der Waals surface area contributed by atoms with Crippen LogP contribution in [-0.4, -0.2) is 21.9 Å². The molecule has 0 fully saturated rings. The lowest BCUT2D eigenvalue weighted by Crippen LogP contribution is -1.97. The van der Waals surface area contributed by atoms with Crippen LogP contribution in [0.1, 0.15) is 0 Å². The van der Waals surface area contributed by atoms with Crippen LogP contribution in [0.4, 0.5) is 11.6 Å². The zero-order valence-electron chi connectivity index (χ0n) is 8.94. The molecular weight excluding hydrogens is 228 g/mol. The first-order chi connectivity index (χ1) is 7.69. The van der Waals surface area contributed by atoms with Crippen LogP contribution in [-0.2, 0) is 7.05 Å². The molecule has 84 valence electrons. The average molecular weight is 239 g/mol. The van der Waals surface area contributed by atoms with E-state index in [1.807, 2.05) is 0 Å². The van der Waals surface area contributed by atoms with Gasteiger partial charge >= 0.3 is 0 Å². The third-order valence-electron chi connectivity index (χ3n) is 2.01. The highest BCUT2D eigenvalue weighted by molar-refractivity contribution is 6.30. The molecule has 5 nitrogen and oxygen atoms in total. The van der Waals surface area contributed by atoms with Gasteiger partial charge in [-0.3, -0.25) is 4.68 Å². The van der Waals surface area contributed by atoms with Crippen molar-refractivity contribution in [2.24, 2.45) is 7.05 Å². The lowest BCUT2D eigenvalue weighted by atomic mass is 10.3. The Kier molecular flexibility index (Phi) is 2.96. The summed E-state index contributed by atoms with van der Waals surface area (Å²) in [5.74, 6) is 1.19. The Morgan fingerprint density at radius 2 is 2.25 bits per heavy atom. The lowest BCUT2D eigenvalue weighted by molar-refractivity contribution is 0.417. The van der Waals surface area contributed by atoms with Gasteiger partial charge in [0.15, 0.2) is 0 Å². The van der Waals surface area contributed by atoms with E-state index in [0.29, 0.717) is 16.7 Å². The minimum atomic E-state index is 0.503. The molecule has 6 heteroatoms. The standard InChI is InChI=1S/C10H11ClN4O/c1-15-6-12-10(14-15)13-8-5-7(11)3-4-9(8)16-2/h3-6H,1-2H3,(H,13,14). The molecule has 0 atom stereocenters. The van der Waals surface area contributed by atoms with Gasteiger partial charge in [0, 0.05) is 12.1 Å². The number of rotatable bonds is 3. The van der Waals surface area contributed by atoms with E-state index in [-0.39, 0.29) is 0 Å². The van der Waals surface area contributed by atoms with E-state index < -0.39 is 0 Å². The van der Waals surface area contributed by atoms with E-state index in [9.17, 15) is 0 Å². The Hall–Kier alpha value is -1.75. The number of hydrogen-bond donors (Lipinski definition) is 1. The number of aryl methyl sites for hydroxylation is 1. The number of hydrogen-bond acceptors (Lipinski definition) is 4. The molecule has 1 N–H and O–H groups in total. The zero-order chi connectivity index (χ0) is 11.5. The average Bonchev–Trinajstić information content (AvgIpc) is 2.64. The summed E-state index contributed by atoms with van der Waals surface area (Å²) in [5.41, 5.74) is 0.737. The molecule has 0 saturated heterocycles. The Labute approximate surface area is 98.0 Å². The molecule has 0 amide bonds. The van der Waals surface area contributed by atoms with Crippen LogP contribution in [0.5, 0.6) is 5.75 Å². The summed E-state index contributed by atoms with van der Waals surface area (Å²) in [5, 5.41) is 7.76. The van der Waals surface area contributed by atoms with Crippen molar-refractivity contribution in [3.8, 4) is 5.75 Å². The van der Waals surface area contributed by atoms with E-state index >= 15 is 0 Å². The van der Waals surface area contributed by atoms with Gasteiger partial charge in [-0.05, 0) is 18.2 Å². The van der Waals surface area contributed by atoms with Gasteiger partial charge in [-0.1, -0.05) is 11.6 Å². The van der Waals surface area contributed by atoms with E-state index in [4.69, 9.17) is 16.3 Å². The smallest absolute Gasteiger partial charge is 0.246 e. The van der Waals surface area contributed by atoms with Crippen LogP contribution in [0.15, 0.2) is 24.5 Å². The molecule has 0 unspecified atom stereocenters. The second kappa shape index (κ2) is 4.40. The van der Waals surface area contributed by atoms with Crippen molar-refractivity contribution in [2.45, 2.75) is 0 Å². The van der Waals surface area contributed by atoms with Crippen LogP contribution >= 0.6 is 11.6 Å². The highest BCUT2D eigenvalue weighted by atomic mass is 35.5. The van der Waals surface area contributed by atoms with Crippen LogP contribution in [0, 0.1) is 0 Å². The maximum atomic E-state index is 5.90. The fourth-order valence-electron chi connectivity index (χ4n) is 1.29. The predicted molar refractivity (Wildman–Crippen MR) is 62.3 cm³/mol. The normalized spacial score (nSPS) is 10.2. The molecule has 0 spiro atoms. The molecule has 0 aliphatic carbocycles. The largest absolute Gasteiger partial charge is 0.495 e. The van der Waals surface area contributed by atoms with Crippen molar-refractivity contribution in [1.29, 1.82) is 0 Å². The third-order valence-corrected chi connectivity index (χ3v) is 2.24. The van der Waals surface area contributed by atoms with Crippen molar-refractivity contribution in [2.75, 3.05) is 12.4 Å². The molecule has 0 bridgehead atoms. The molecular formula is C10H11ClN4O. The van der Waals surface area contributed by atoms with Gasteiger partial charge in [0.25, 0.3) is 0 Å². The number of ether oxygens (including phenoxy) is 1. The molecule has 0 radical (unpaired) electrons. The quantitative estimate of drug-likeness (QED) is 0.891. The van der Waals surface area contributed by atoms with Gasteiger partial charge in [0.1, 0.15) is 12.1 Å². The van der Waals surface area contributed by atoms with E-state index in [1.54, 1.807) is 43.4 Å². The van der Waals surface area contributed by atoms with Gasteiger partial charge in [-0.2, -0.15) is 0 Å². The topological polar surface area (TPSA) is 52.0 Å². The molecule has 1 heterocycles. The third kappa shape index (κ3) is 2.25. The summed E-state index contributed by atoms with van der Waals surface area (Å²) < 4.78 is 6.81. The monoisotopic (exact) mass is 238 g/mol. The first-order valence-corrected chi connectivity index (χ1v) is 5.03. The molecule has 1 aromatic heterocycles. The summed E-state index contributed by atoms with van der Waals surface area (Å²) in [6.45, 7) is 0. The molecule has 16 heavy (non-hydrogen) atoms. The Morgan fingerprint density at radius 3 is 2.88 bits per heavy atom. The van der Waals surface area contributed by atoms with Crippen molar-refractivity contribution < 1.29 is 4.74 Å². The number of halogens is 1. The highest BCUT2D eigenvalue weighted by Gasteiger charge is 2.06. The van der Waals surface area contributed by atoms with Gasteiger partial charge < -0.3 is 10.1 Å². The van der Waals surface area contributed by atoms with Gasteiger partial charge in [0.05, 0.1) is 12.8 Å². The maximum absolute atomic E-state index is 5.90. The molecule has 1 aromatic carbocycles. The summed E-state index contributed by atoms with van der Waals surface area (Å²) in [7, 11) is 3.40.